The maximum atomic E-state index is 10.9. The lowest BCUT2D eigenvalue weighted by molar-refractivity contribution is -0.384. The maximum absolute atomic E-state index is 10.9. The van der Waals surface area contributed by atoms with E-state index < -0.39 is 6.10 Å². The molecule has 0 heterocycles. The first kappa shape index (κ1) is 19.7. The van der Waals surface area contributed by atoms with Gasteiger partial charge in [-0.15, -0.1) is 12.4 Å². The number of nitrogens with one attached hydrogen (secondary N) is 1. The van der Waals surface area contributed by atoms with E-state index in [0.717, 1.165) is 30.4 Å². The van der Waals surface area contributed by atoms with E-state index in [1.807, 2.05) is 18.2 Å². The molecule has 2 aromatic carbocycles. The van der Waals surface area contributed by atoms with Crippen molar-refractivity contribution in [1.82, 2.24) is 5.32 Å². The summed E-state index contributed by atoms with van der Waals surface area (Å²) in [5, 5.41) is 25.2. The van der Waals surface area contributed by atoms with Crippen LogP contribution in [0.4, 0.5) is 5.69 Å². The molecule has 2 aromatic rings. The van der Waals surface area contributed by atoms with Gasteiger partial charge in [-0.3, -0.25) is 10.1 Å². The van der Waals surface area contributed by atoms with Crippen LogP contribution in [0.25, 0.3) is 0 Å². The number of nitro benzene ring substituents is 1. The third-order valence-corrected chi connectivity index (χ3v) is 4.70. The van der Waals surface area contributed by atoms with E-state index in [-0.39, 0.29) is 29.1 Å². The van der Waals surface area contributed by atoms with E-state index in [9.17, 15) is 15.2 Å². The Bertz CT molecular complexity index is 755. The predicted octanol–water partition coefficient (Wildman–Crippen LogP) is 3.85. The number of aliphatic hydroxyl groups is 1. The van der Waals surface area contributed by atoms with Gasteiger partial charge in [0, 0.05) is 29.7 Å². The maximum Gasteiger partial charge on any atom is 0.269 e. The first-order valence-corrected chi connectivity index (χ1v) is 8.34. The Balaban J connectivity index is 0.00000225. The number of halogens is 2. The van der Waals surface area contributed by atoms with Crippen molar-refractivity contribution >= 4 is 29.7 Å². The summed E-state index contributed by atoms with van der Waals surface area (Å²) >= 11 is 5.95. The number of hydrogen-bond donors (Lipinski definition) is 2. The zero-order chi connectivity index (χ0) is 17.1. The van der Waals surface area contributed by atoms with Crippen molar-refractivity contribution < 1.29 is 10.0 Å². The van der Waals surface area contributed by atoms with Crippen LogP contribution in [0.2, 0.25) is 5.02 Å². The molecule has 134 valence electrons. The molecule has 0 bridgehead atoms. The van der Waals surface area contributed by atoms with E-state index in [1.54, 1.807) is 24.3 Å². The van der Waals surface area contributed by atoms with Crippen molar-refractivity contribution in [3.63, 3.8) is 0 Å². The summed E-state index contributed by atoms with van der Waals surface area (Å²) in [7, 11) is 0. The zero-order valence-electron chi connectivity index (χ0n) is 13.5. The molecule has 0 radical (unpaired) electrons. The number of aliphatic hydroxyl groups excluding tert-OH is 1. The molecule has 2 N–H and O–H groups in total. The fourth-order valence-corrected chi connectivity index (χ4v) is 3.34. The van der Waals surface area contributed by atoms with Crippen LogP contribution in [-0.2, 0) is 12.8 Å². The number of hydrogen-bond acceptors (Lipinski definition) is 4. The Kier molecular flexibility index (Phi) is 6.79. The fourth-order valence-electron chi connectivity index (χ4n) is 3.14. The van der Waals surface area contributed by atoms with Crippen LogP contribution in [-0.4, -0.2) is 22.6 Å². The molecule has 7 heteroatoms. The van der Waals surface area contributed by atoms with Crippen LogP contribution in [0, 0.1) is 10.1 Å². The zero-order valence-corrected chi connectivity index (χ0v) is 15.1. The van der Waals surface area contributed by atoms with Crippen molar-refractivity contribution in [3.8, 4) is 0 Å². The molecule has 0 saturated carbocycles. The number of rotatable bonds is 5. The highest BCUT2D eigenvalue weighted by Gasteiger charge is 2.21. The minimum absolute atomic E-state index is 0. The van der Waals surface area contributed by atoms with E-state index in [4.69, 9.17) is 11.6 Å². The molecule has 5 nitrogen and oxygen atoms in total. The minimum atomic E-state index is -0.629. The Morgan fingerprint density at radius 2 is 2.08 bits per heavy atom. The second-order valence-electron chi connectivity index (χ2n) is 6.13. The van der Waals surface area contributed by atoms with Crippen molar-refractivity contribution in [2.24, 2.45) is 0 Å². The van der Waals surface area contributed by atoms with Gasteiger partial charge in [0.05, 0.1) is 11.0 Å². The average Bonchev–Trinajstić information content (AvgIpc) is 2.58. The highest BCUT2D eigenvalue weighted by molar-refractivity contribution is 6.30. The highest BCUT2D eigenvalue weighted by atomic mass is 35.5. The predicted molar refractivity (Wildman–Crippen MR) is 101 cm³/mol. The lowest BCUT2D eigenvalue weighted by atomic mass is 9.88. The third-order valence-electron chi connectivity index (χ3n) is 4.46. The third kappa shape index (κ3) is 4.92. The Labute approximate surface area is 157 Å². The molecule has 3 rings (SSSR count). The molecule has 2 atom stereocenters. The lowest BCUT2D eigenvalue weighted by Gasteiger charge is -2.26. The van der Waals surface area contributed by atoms with Crippen LogP contribution in [0.5, 0.6) is 0 Å². The van der Waals surface area contributed by atoms with Gasteiger partial charge in [-0.1, -0.05) is 29.8 Å². The van der Waals surface area contributed by atoms with Gasteiger partial charge >= 0.3 is 0 Å². The summed E-state index contributed by atoms with van der Waals surface area (Å²) in [6, 6.07) is 12.5. The molecule has 0 fully saturated rings. The molecule has 0 unspecified atom stereocenters. The minimum Gasteiger partial charge on any atom is -0.387 e. The summed E-state index contributed by atoms with van der Waals surface area (Å²) < 4.78 is 0. The van der Waals surface area contributed by atoms with Crippen molar-refractivity contribution in [2.75, 3.05) is 6.54 Å². The molecule has 1 aliphatic carbocycles. The van der Waals surface area contributed by atoms with E-state index in [0.29, 0.717) is 11.6 Å². The molecular weight excluding hydrogens is 363 g/mol. The van der Waals surface area contributed by atoms with Gasteiger partial charge in [0.2, 0.25) is 0 Å². The number of nitro groups is 1. The Morgan fingerprint density at radius 1 is 1.28 bits per heavy atom. The second-order valence-corrected chi connectivity index (χ2v) is 6.57. The van der Waals surface area contributed by atoms with Crippen molar-refractivity contribution in [1.29, 1.82) is 0 Å². The molecule has 25 heavy (non-hydrogen) atoms. The summed E-state index contributed by atoms with van der Waals surface area (Å²) in [6.07, 6.45) is 1.94. The van der Waals surface area contributed by atoms with Gasteiger partial charge in [0.15, 0.2) is 0 Å². The number of fused-ring (bicyclic) bond motifs is 1. The summed E-state index contributed by atoms with van der Waals surface area (Å²) in [4.78, 5) is 10.6. The quantitative estimate of drug-likeness (QED) is 0.608. The van der Waals surface area contributed by atoms with E-state index >= 15 is 0 Å². The van der Waals surface area contributed by atoms with Gasteiger partial charge in [-0.05, 0) is 48.1 Å². The van der Waals surface area contributed by atoms with E-state index in [2.05, 4.69) is 5.32 Å². The van der Waals surface area contributed by atoms with Gasteiger partial charge in [0.1, 0.15) is 0 Å². The van der Waals surface area contributed by atoms with Crippen LogP contribution in [0.15, 0.2) is 42.5 Å². The first-order chi connectivity index (χ1) is 11.5. The van der Waals surface area contributed by atoms with Gasteiger partial charge in [-0.25, -0.2) is 0 Å². The van der Waals surface area contributed by atoms with Crippen LogP contribution >= 0.6 is 24.0 Å². The highest BCUT2D eigenvalue weighted by Crippen LogP contribution is 2.26. The summed E-state index contributed by atoms with van der Waals surface area (Å²) in [5.74, 6) is 0. The number of non-ortho nitro benzene ring substituents is 1. The summed E-state index contributed by atoms with van der Waals surface area (Å²) in [6.45, 7) is 0.426. The van der Waals surface area contributed by atoms with Crippen molar-refractivity contribution in [2.45, 2.75) is 31.4 Å². The standard InChI is InChI=1S/C18H19ClN2O3.ClH/c19-15-3-1-2-13(8-15)18(22)11-20-16-6-4-12-5-7-17(21(23)24)10-14(12)9-16;/h1-3,5,7-8,10,16,18,20,22H,4,6,9,11H2;1H/t16-,18-;/m0./s1. The van der Waals surface area contributed by atoms with Crippen LogP contribution in [0.1, 0.15) is 29.2 Å². The number of nitrogens with zero attached hydrogens (tertiary/aromatic N) is 1. The molecule has 1 aliphatic rings. The largest absolute Gasteiger partial charge is 0.387 e. The van der Waals surface area contributed by atoms with Gasteiger partial charge in [0.25, 0.3) is 5.69 Å². The topological polar surface area (TPSA) is 75.4 Å². The molecule has 0 saturated heterocycles. The molecule has 0 spiro atoms. The van der Waals surface area contributed by atoms with Crippen LogP contribution in [0.3, 0.4) is 0 Å². The number of benzene rings is 2. The molecule has 0 aromatic heterocycles. The van der Waals surface area contributed by atoms with Crippen molar-refractivity contribution in [3.05, 3.63) is 74.3 Å². The molecule has 0 amide bonds. The average molecular weight is 383 g/mol. The van der Waals surface area contributed by atoms with Gasteiger partial charge < -0.3 is 10.4 Å². The summed E-state index contributed by atoms with van der Waals surface area (Å²) in [5.41, 5.74) is 3.11. The second kappa shape index (κ2) is 8.63. The smallest absolute Gasteiger partial charge is 0.269 e. The van der Waals surface area contributed by atoms with Gasteiger partial charge in [-0.2, -0.15) is 0 Å². The number of aryl methyl sites for hydroxylation is 1. The Morgan fingerprint density at radius 3 is 2.80 bits per heavy atom. The molecule has 0 aliphatic heterocycles. The molecular formula is C18H20Cl2N2O3. The SMILES string of the molecule is Cl.O=[N+]([O-])c1ccc2c(c1)C[C@@H](NC[C@H](O)c1cccc(Cl)c1)CC2. The first-order valence-electron chi connectivity index (χ1n) is 7.96. The lowest BCUT2D eigenvalue weighted by Crippen LogP contribution is -2.37. The van der Waals surface area contributed by atoms with Crippen LogP contribution < -0.4 is 5.32 Å². The Hall–Kier alpha value is -1.66. The van der Waals surface area contributed by atoms with E-state index in [1.165, 1.54) is 5.56 Å². The fraction of sp³-hybridized carbons (Fsp3) is 0.333. The normalized spacial score (nSPS) is 17.3. The monoisotopic (exact) mass is 382 g/mol.